The normalized spacial score (nSPS) is 13.7. The minimum Gasteiger partial charge on any atom is -0.481 e. The lowest BCUT2D eigenvalue weighted by Gasteiger charge is -2.27. The first-order valence-corrected chi connectivity index (χ1v) is 20.2. The highest BCUT2D eigenvalue weighted by Gasteiger charge is 2.33. The molecule has 0 heterocycles. The number of aliphatic carboxylic acids is 2. The van der Waals surface area contributed by atoms with E-state index in [1.807, 2.05) is 0 Å². The molecule has 0 aliphatic rings. The number of unbranched alkanes of at least 4 members (excludes halogenated alkanes) is 1. The number of hydrogen-bond donors (Lipinski definition) is 13. The van der Waals surface area contributed by atoms with Crippen molar-refractivity contribution in [3.8, 4) is 0 Å². The Balaban J connectivity index is 6.49. The maximum Gasteiger partial charge on any atom is 0.303 e. The number of aliphatic imine (C=N–C) groups is 1. The van der Waals surface area contributed by atoms with Gasteiger partial charge in [-0.1, -0.05) is 0 Å². The SMILES string of the molecule is CSCC[C@H](NC(=O)[C@H](CCC(=O)O)NC(=O)[C@H](CCC(=O)O)NC(C)=O)C(=O)N[C@@H](CCC(N)=O)C(=O)N[C@@H](CCCN=C(N)N)C(=O)N[C@@H](CCCCN)C(N)=O. The molecule has 0 aromatic heterocycles. The Kier molecular flexibility index (Phi) is 26.6. The molecule has 334 valence electrons. The van der Waals surface area contributed by atoms with E-state index in [4.69, 9.17) is 33.8 Å². The molecule has 0 rings (SSSR count). The number of carboxylic acids is 2. The van der Waals surface area contributed by atoms with Crippen LogP contribution in [0.25, 0.3) is 0 Å². The molecule has 0 spiro atoms. The summed E-state index contributed by atoms with van der Waals surface area (Å²) in [6.45, 7) is 1.47. The number of thioether (sulfide) groups is 1. The summed E-state index contributed by atoms with van der Waals surface area (Å²) < 4.78 is 0. The number of carboxylic acid groups (broad SMARTS) is 2. The van der Waals surface area contributed by atoms with Crippen LogP contribution >= 0.6 is 11.8 Å². The first-order chi connectivity index (χ1) is 27.7. The molecule has 59 heavy (non-hydrogen) atoms. The fourth-order valence-corrected chi connectivity index (χ4v) is 5.76. The van der Waals surface area contributed by atoms with Crippen LogP contribution in [0.2, 0.25) is 0 Å². The molecule has 0 aliphatic heterocycles. The van der Waals surface area contributed by atoms with E-state index >= 15 is 0 Å². The van der Waals surface area contributed by atoms with E-state index in [1.165, 1.54) is 11.8 Å². The Hall–Kier alpha value is -5.72. The highest BCUT2D eigenvalue weighted by Crippen LogP contribution is 2.10. The largest absolute Gasteiger partial charge is 0.481 e. The van der Waals surface area contributed by atoms with E-state index in [1.54, 1.807) is 6.26 Å². The molecule has 6 atom stereocenters. The quantitative estimate of drug-likeness (QED) is 0.0172. The Morgan fingerprint density at radius 1 is 0.542 bits per heavy atom. The first kappa shape index (κ1) is 53.3. The summed E-state index contributed by atoms with van der Waals surface area (Å²) in [5.74, 6) is -9.62. The van der Waals surface area contributed by atoms with E-state index in [0.717, 1.165) is 6.92 Å². The van der Waals surface area contributed by atoms with Gasteiger partial charge in [0.15, 0.2) is 5.96 Å². The van der Waals surface area contributed by atoms with Crippen LogP contribution in [-0.4, -0.2) is 137 Å². The van der Waals surface area contributed by atoms with Crippen molar-refractivity contribution in [2.75, 3.05) is 25.1 Å². The van der Waals surface area contributed by atoms with Crippen LogP contribution in [0.15, 0.2) is 4.99 Å². The van der Waals surface area contributed by atoms with E-state index < -0.39 is 121 Å². The summed E-state index contributed by atoms with van der Waals surface area (Å²) in [5, 5.41) is 32.9. The lowest BCUT2D eigenvalue weighted by Crippen LogP contribution is -2.59. The molecular formula is C34H60N12O12S. The number of nitrogens with two attached hydrogens (primary N) is 5. The standard InChI is InChI=1S/C34H60N12O12S/c1-18(47)41-21(9-12-26(49)50)30(55)45-23(10-13-27(51)52)32(57)46-24(14-17-59-2)33(58)44-22(8-11-25(36)48)31(56)43-20(7-5-16-40-34(38)39)29(54)42-19(28(37)53)6-3-4-15-35/h19-24H,3-17,35H2,1-2H3,(H2,36,48)(H2,37,53)(H,41,47)(H,42,54)(H,43,56)(H,44,58)(H,45,55)(H,46,57)(H,49,50)(H,51,52)(H4,38,39,40)/t19-,20-,21-,22-,23-,24-/m0/s1. The molecule has 0 radical (unpaired) electrons. The molecule has 0 unspecified atom stereocenters. The van der Waals surface area contributed by atoms with Gasteiger partial charge in [-0.25, -0.2) is 0 Å². The third-order valence-electron chi connectivity index (χ3n) is 8.36. The van der Waals surface area contributed by atoms with Crippen molar-refractivity contribution in [1.29, 1.82) is 0 Å². The number of carbonyl (C=O) groups is 10. The zero-order chi connectivity index (χ0) is 45.1. The molecule has 0 aromatic rings. The average Bonchev–Trinajstić information content (AvgIpc) is 3.14. The Bertz CT molecular complexity index is 1500. The van der Waals surface area contributed by atoms with Gasteiger partial charge in [0, 0.05) is 32.7 Å². The summed E-state index contributed by atoms with van der Waals surface area (Å²) in [5.41, 5.74) is 27.1. The third kappa shape index (κ3) is 24.6. The van der Waals surface area contributed by atoms with Gasteiger partial charge in [0.2, 0.25) is 47.3 Å². The number of nitrogens with one attached hydrogen (secondary N) is 6. The van der Waals surface area contributed by atoms with Gasteiger partial charge in [0.05, 0.1) is 0 Å². The van der Waals surface area contributed by atoms with Crippen molar-refractivity contribution < 1.29 is 58.2 Å². The lowest BCUT2D eigenvalue weighted by molar-refractivity contribution is -0.140. The Morgan fingerprint density at radius 2 is 0.932 bits per heavy atom. The van der Waals surface area contributed by atoms with E-state index in [-0.39, 0.29) is 56.8 Å². The van der Waals surface area contributed by atoms with Gasteiger partial charge in [0.1, 0.15) is 36.3 Å². The van der Waals surface area contributed by atoms with E-state index in [0.29, 0.717) is 19.4 Å². The number of hydrogen-bond acceptors (Lipinski definition) is 13. The van der Waals surface area contributed by atoms with E-state index in [9.17, 15) is 53.1 Å². The van der Waals surface area contributed by atoms with Crippen molar-refractivity contribution in [2.24, 2.45) is 33.7 Å². The van der Waals surface area contributed by atoms with Crippen molar-refractivity contribution >= 4 is 76.9 Å². The van der Waals surface area contributed by atoms with Gasteiger partial charge in [-0.15, -0.1) is 0 Å². The second-order valence-corrected chi connectivity index (χ2v) is 14.3. The van der Waals surface area contributed by atoms with Crippen LogP contribution in [0, 0.1) is 0 Å². The number of carbonyl (C=O) groups excluding carboxylic acids is 8. The minimum absolute atomic E-state index is 0.0515. The molecule has 24 nitrogen and oxygen atoms in total. The molecule has 0 bridgehead atoms. The second kappa shape index (κ2) is 29.5. The molecule has 0 fully saturated rings. The second-order valence-electron chi connectivity index (χ2n) is 13.3. The van der Waals surface area contributed by atoms with Gasteiger partial charge in [-0.3, -0.25) is 52.9 Å². The van der Waals surface area contributed by atoms with Crippen molar-refractivity contribution in [1.82, 2.24) is 31.9 Å². The van der Waals surface area contributed by atoms with E-state index in [2.05, 4.69) is 36.9 Å². The average molecular weight is 861 g/mol. The predicted octanol–water partition coefficient (Wildman–Crippen LogP) is -4.67. The van der Waals surface area contributed by atoms with Crippen molar-refractivity contribution in [3.63, 3.8) is 0 Å². The smallest absolute Gasteiger partial charge is 0.303 e. The molecule has 25 heteroatoms. The molecule has 18 N–H and O–H groups in total. The monoisotopic (exact) mass is 860 g/mol. The highest BCUT2D eigenvalue weighted by molar-refractivity contribution is 7.98. The molecular weight excluding hydrogens is 801 g/mol. The van der Waals surface area contributed by atoms with Crippen molar-refractivity contribution in [3.05, 3.63) is 0 Å². The van der Waals surface area contributed by atoms with Crippen LogP contribution in [0.4, 0.5) is 0 Å². The zero-order valence-corrected chi connectivity index (χ0v) is 34.1. The number of guanidine groups is 1. The summed E-state index contributed by atoms with van der Waals surface area (Å²) in [7, 11) is 0. The number of nitrogens with zero attached hydrogens (tertiary/aromatic N) is 1. The molecule has 0 aromatic carbocycles. The maximum absolute atomic E-state index is 13.8. The Morgan fingerprint density at radius 3 is 1.31 bits per heavy atom. The van der Waals surface area contributed by atoms with Crippen LogP contribution in [0.1, 0.15) is 84.0 Å². The predicted molar refractivity (Wildman–Crippen MR) is 214 cm³/mol. The highest BCUT2D eigenvalue weighted by atomic mass is 32.2. The number of amides is 8. The first-order valence-electron chi connectivity index (χ1n) is 18.8. The van der Waals surface area contributed by atoms with Gasteiger partial charge >= 0.3 is 11.9 Å². The van der Waals surface area contributed by atoms with Gasteiger partial charge in [-0.2, -0.15) is 11.8 Å². The van der Waals surface area contributed by atoms with Gasteiger partial charge in [0.25, 0.3) is 0 Å². The molecule has 0 saturated heterocycles. The van der Waals surface area contributed by atoms with Crippen LogP contribution < -0.4 is 60.6 Å². The van der Waals surface area contributed by atoms with Crippen LogP contribution in [0.5, 0.6) is 0 Å². The topological polar surface area (TPSA) is 426 Å². The van der Waals surface area contributed by atoms with Crippen molar-refractivity contribution in [2.45, 2.75) is 120 Å². The third-order valence-corrected chi connectivity index (χ3v) is 9.01. The molecule has 8 amide bonds. The maximum atomic E-state index is 13.8. The summed E-state index contributed by atoms with van der Waals surface area (Å²) in [6.07, 6.45) is 0.158. The number of rotatable bonds is 32. The van der Waals surface area contributed by atoms with Gasteiger partial charge < -0.3 is 70.8 Å². The molecule has 0 saturated carbocycles. The fourth-order valence-electron chi connectivity index (χ4n) is 5.29. The summed E-state index contributed by atoms with van der Waals surface area (Å²) >= 11 is 1.28. The molecule has 0 aliphatic carbocycles. The fraction of sp³-hybridized carbons (Fsp3) is 0.676. The van der Waals surface area contributed by atoms with Crippen LogP contribution in [-0.2, 0) is 47.9 Å². The lowest BCUT2D eigenvalue weighted by atomic mass is 10.0. The number of primary amides is 2. The Labute approximate surface area is 345 Å². The summed E-state index contributed by atoms with van der Waals surface area (Å²) in [6, 6.07) is -8.37. The minimum atomic E-state index is -1.59. The van der Waals surface area contributed by atoms with Crippen LogP contribution in [0.3, 0.4) is 0 Å². The van der Waals surface area contributed by atoms with Gasteiger partial charge in [-0.05, 0) is 76.3 Å². The summed E-state index contributed by atoms with van der Waals surface area (Å²) in [4.78, 5) is 130. The zero-order valence-electron chi connectivity index (χ0n) is 33.3.